The van der Waals surface area contributed by atoms with Gasteiger partial charge in [0.2, 0.25) is 0 Å². The summed E-state index contributed by atoms with van der Waals surface area (Å²) in [6.07, 6.45) is 7.25. The molecule has 28 heavy (non-hydrogen) atoms. The highest BCUT2D eigenvalue weighted by molar-refractivity contribution is 6.35. The molecular formula is C22H31ClN4O. The maximum absolute atomic E-state index is 12.9. The second-order valence-corrected chi connectivity index (χ2v) is 8.24. The van der Waals surface area contributed by atoms with Crippen molar-refractivity contribution in [3.05, 3.63) is 34.9 Å². The van der Waals surface area contributed by atoms with Gasteiger partial charge in [-0.1, -0.05) is 30.9 Å². The third-order valence-corrected chi connectivity index (χ3v) is 5.86. The van der Waals surface area contributed by atoms with Gasteiger partial charge in [-0.15, -0.1) is 0 Å². The minimum atomic E-state index is -0.105. The number of rotatable bonds is 8. The maximum atomic E-state index is 12.9. The predicted molar refractivity (Wildman–Crippen MR) is 117 cm³/mol. The molecular weight excluding hydrogens is 372 g/mol. The summed E-state index contributed by atoms with van der Waals surface area (Å²) in [5.41, 5.74) is 1.30. The van der Waals surface area contributed by atoms with Crippen LogP contribution in [0.15, 0.2) is 24.3 Å². The highest BCUT2D eigenvalue weighted by Crippen LogP contribution is 2.27. The Morgan fingerprint density at radius 1 is 1.21 bits per heavy atom. The molecule has 1 unspecified atom stereocenters. The van der Waals surface area contributed by atoms with Crippen LogP contribution in [-0.2, 0) is 0 Å². The van der Waals surface area contributed by atoms with Gasteiger partial charge in [0.1, 0.15) is 5.82 Å². The monoisotopic (exact) mass is 402 g/mol. The highest BCUT2D eigenvalue weighted by atomic mass is 35.5. The Morgan fingerprint density at radius 3 is 2.75 bits per heavy atom. The van der Waals surface area contributed by atoms with Crippen LogP contribution in [0.2, 0.25) is 5.02 Å². The number of amides is 1. The standard InChI is InChI=1S/C22H31ClN4O/c1-15(12-13-24-2)26-20-11-8-17-19(27-20)10-9-18(23)21(17)22(28)25-14-16-6-4-3-5-7-16/h8-11,15-16,24H,3-7,12-14H2,1-2H3,(H,25,28)(H,26,27). The largest absolute Gasteiger partial charge is 0.368 e. The first-order valence-corrected chi connectivity index (χ1v) is 10.7. The quantitative estimate of drug-likeness (QED) is 0.603. The zero-order valence-electron chi connectivity index (χ0n) is 16.9. The van der Waals surface area contributed by atoms with E-state index >= 15 is 0 Å². The molecule has 1 amide bonds. The van der Waals surface area contributed by atoms with Crippen LogP contribution >= 0.6 is 11.6 Å². The van der Waals surface area contributed by atoms with Gasteiger partial charge in [-0.2, -0.15) is 0 Å². The van der Waals surface area contributed by atoms with Crippen molar-refractivity contribution in [2.24, 2.45) is 5.92 Å². The molecule has 3 N–H and O–H groups in total. The molecule has 5 nitrogen and oxygen atoms in total. The van der Waals surface area contributed by atoms with Crippen LogP contribution in [0.4, 0.5) is 5.82 Å². The number of hydrogen-bond donors (Lipinski definition) is 3. The topological polar surface area (TPSA) is 66.0 Å². The average Bonchev–Trinajstić information content (AvgIpc) is 2.71. The first-order valence-electron chi connectivity index (χ1n) is 10.4. The molecule has 1 atom stereocenters. The highest BCUT2D eigenvalue weighted by Gasteiger charge is 2.19. The van der Waals surface area contributed by atoms with Gasteiger partial charge in [-0.3, -0.25) is 4.79 Å². The van der Waals surface area contributed by atoms with E-state index in [0.717, 1.165) is 36.2 Å². The summed E-state index contributed by atoms with van der Waals surface area (Å²) in [5.74, 6) is 1.29. The molecule has 3 rings (SSSR count). The number of hydrogen-bond acceptors (Lipinski definition) is 4. The molecule has 1 aromatic heterocycles. The predicted octanol–water partition coefficient (Wildman–Crippen LogP) is 4.61. The molecule has 0 spiro atoms. The Kier molecular flexibility index (Phi) is 7.51. The number of carbonyl (C=O) groups is 1. The maximum Gasteiger partial charge on any atom is 0.253 e. The number of pyridine rings is 1. The van der Waals surface area contributed by atoms with Crippen LogP contribution in [0.3, 0.4) is 0 Å². The van der Waals surface area contributed by atoms with Crippen molar-refractivity contribution in [2.45, 2.75) is 51.5 Å². The fourth-order valence-electron chi connectivity index (χ4n) is 3.89. The fourth-order valence-corrected chi connectivity index (χ4v) is 4.14. The lowest BCUT2D eigenvalue weighted by Crippen LogP contribution is -2.30. The summed E-state index contributed by atoms with van der Waals surface area (Å²) in [4.78, 5) is 17.5. The average molecular weight is 403 g/mol. The van der Waals surface area contributed by atoms with Gasteiger partial charge in [0.25, 0.3) is 5.91 Å². The van der Waals surface area contributed by atoms with E-state index < -0.39 is 0 Å². The first-order chi connectivity index (χ1) is 13.6. The van der Waals surface area contributed by atoms with Gasteiger partial charge >= 0.3 is 0 Å². The molecule has 0 radical (unpaired) electrons. The number of nitrogens with zero attached hydrogens (tertiary/aromatic N) is 1. The number of nitrogens with one attached hydrogen (secondary N) is 3. The van der Waals surface area contributed by atoms with Gasteiger partial charge in [0.15, 0.2) is 0 Å². The van der Waals surface area contributed by atoms with E-state index in [0.29, 0.717) is 22.5 Å². The van der Waals surface area contributed by atoms with Crippen LogP contribution in [0.5, 0.6) is 0 Å². The fraction of sp³-hybridized carbons (Fsp3) is 0.545. The summed E-state index contributed by atoms with van der Waals surface area (Å²) in [7, 11) is 1.95. The summed E-state index contributed by atoms with van der Waals surface area (Å²) in [6.45, 7) is 3.81. The second kappa shape index (κ2) is 10.1. The third-order valence-electron chi connectivity index (χ3n) is 5.55. The van der Waals surface area contributed by atoms with Crippen LogP contribution in [-0.4, -0.2) is 37.1 Å². The molecule has 0 saturated heterocycles. The lowest BCUT2D eigenvalue weighted by Gasteiger charge is -2.22. The molecule has 0 bridgehead atoms. The SMILES string of the molecule is CNCCC(C)Nc1ccc2c(C(=O)NCC3CCCCC3)c(Cl)ccc2n1. The van der Waals surface area contributed by atoms with Crippen molar-refractivity contribution in [1.82, 2.24) is 15.6 Å². The van der Waals surface area contributed by atoms with Crippen LogP contribution in [0, 0.1) is 5.92 Å². The molecule has 1 aliphatic rings. The van der Waals surface area contributed by atoms with Gasteiger partial charge in [-0.05, 0) is 70.0 Å². The third kappa shape index (κ3) is 5.36. The molecule has 1 fully saturated rings. The normalized spacial score (nSPS) is 16.1. The van der Waals surface area contributed by atoms with Crippen LogP contribution in [0.1, 0.15) is 55.8 Å². The zero-order valence-corrected chi connectivity index (χ0v) is 17.6. The van der Waals surface area contributed by atoms with Gasteiger partial charge in [0, 0.05) is 18.0 Å². The first kappa shape index (κ1) is 20.9. The Balaban J connectivity index is 1.74. The Hall–Kier alpha value is -1.85. The van der Waals surface area contributed by atoms with E-state index in [1.165, 1.54) is 32.1 Å². The number of halogens is 1. The summed E-state index contributed by atoms with van der Waals surface area (Å²) >= 11 is 6.39. The lowest BCUT2D eigenvalue weighted by molar-refractivity contribution is 0.0945. The van der Waals surface area contributed by atoms with Crippen molar-refractivity contribution in [2.75, 3.05) is 25.5 Å². The van der Waals surface area contributed by atoms with Crippen molar-refractivity contribution < 1.29 is 4.79 Å². The smallest absolute Gasteiger partial charge is 0.253 e. The number of fused-ring (bicyclic) bond motifs is 1. The molecule has 2 aromatic rings. The summed E-state index contributed by atoms with van der Waals surface area (Å²) in [6, 6.07) is 7.81. The lowest BCUT2D eigenvalue weighted by atomic mass is 9.89. The number of benzene rings is 1. The Bertz CT molecular complexity index is 804. The van der Waals surface area contributed by atoms with Crippen molar-refractivity contribution in [3.8, 4) is 0 Å². The van der Waals surface area contributed by atoms with E-state index in [9.17, 15) is 4.79 Å². The number of aromatic nitrogens is 1. The van der Waals surface area contributed by atoms with Crippen molar-refractivity contribution in [3.63, 3.8) is 0 Å². The molecule has 1 heterocycles. The van der Waals surface area contributed by atoms with Crippen LogP contribution < -0.4 is 16.0 Å². The van der Waals surface area contributed by atoms with E-state index in [4.69, 9.17) is 11.6 Å². The Labute approximate surface area is 172 Å². The summed E-state index contributed by atoms with van der Waals surface area (Å²) in [5, 5.41) is 10.9. The number of carbonyl (C=O) groups excluding carboxylic acids is 1. The zero-order chi connectivity index (χ0) is 19.9. The minimum absolute atomic E-state index is 0.105. The number of anilines is 1. The summed E-state index contributed by atoms with van der Waals surface area (Å²) < 4.78 is 0. The van der Waals surface area contributed by atoms with E-state index in [-0.39, 0.29) is 5.91 Å². The van der Waals surface area contributed by atoms with Crippen molar-refractivity contribution in [1.29, 1.82) is 0 Å². The molecule has 6 heteroatoms. The molecule has 152 valence electrons. The minimum Gasteiger partial charge on any atom is -0.368 e. The van der Waals surface area contributed by atoms with E-state index in [1.807, 2.05) is 25.2 Å². The van der Waals surface area contributed by atoms with Crippen molar-refractivity contribution >= 4 is 34.2 Å². The molecule has 1 aliphatic carbocycles. The second-order valence-electron chi connectivity index (χ2n) is 7.84. The van der Waals surface area contributed by atoms with Gasteiger partial charge in [0.05, 0.1) is 16.1 Å². The van der Waals surface area contributed by atoms with E-state index in [2.05, 4.69) is 27.9 Å². The van der Waals surface area contributed by atoms with E-state index in [1.54, 1.807) is 6.07 Å². The molecule has 1 saturated carbocycles. The molecule has 1 aromatic carbocycles. The van der Waals surface area contributed by atoms with Crippen LogP contribution in [0.25, 0.3) is 10.9 Å². The Morgan fingerprint density at radius 2 is 2.00 bits per heavy atom. The molecule has 0 aliphatic heterocycles. The van der Waals surface area contributed by atoms with Gasteiger partial charge in [-0.25, -0.2) is 4.98 Å². The van der Waals surface area contributed by atoms with Gasteiger partial charge < -0.3 is 16.0 Å².